The van der Waals surface area contributed by atoms with Crippen molar-refractivity contribution < 1.29 is 8.42 Å². The average molecular weight is 280 g/mol. The minimum atomic E-state index is -3.21. The molecule has 2 aliphatic rings. The highest BCUT2D eigenvalue weighted by Gasteiger charge is 2.36. The van der Waals surface area contributed by atoms with E-state index in [9.17, 15) is 8.42 Å². The van der Waals surface area contributed by atoms with Crippen LogP contribution in [0.25, 0.3) is 0 Å². The third kappa shape index (κ3) is 2.10. The van der Waals surface area contributed by atoms with Gasteiger partial charge in [0.15, 0.2) is 0 Å². The fourth-order valence-corrected chi connectivity index (χ4v) is 5.32. The standard InChI is InChI=1S/C14H20N2O2S/c15-13-7-4-8-14-12(13)9-10-16(14)19(17,18)11-5-2-1-3-6-11/h4,7-8,11H,1-3,5-6,9-10,15H2. The van der Waals surface area contributed by atoms with Gasteiger partial charge >= 0.3 is 0 Å². The molecule has 0 radical (unpaired) electrons. The monoisotopic (exact) mass is 280 g/mol. The molecule has 1 aliphatic carbocycles. The van der Waals surface area contributed by atoms with E-state index in [0.717, 1.165) is 49.8 Å². The quantitative estimate of drug-likeness (QED) is 0.845. The molecule has 0 amide bonds. The van der Waals surface area contributed by atoms with Crippen molar-refractivity contribution >= 4 is 21.4 Å². The maximum atomic E-state index is 12.7. The smallest absolute Gasteiger partial charge is 0.238 e. The lowest BCUT2D eigenvalue weighted by molar-refractivity contribution is 0.482. The van der Waals surface area contributed by atoms with Gasteiger partial charge < -0.3 is 5.73 Å². The van der Waals surface area contributed by atoms with Crippen LogP contribution >= 0.6 is 0 Å². The summed E-state index contributed by atoms with van der Waals surface area (Å²) in [4.78, 5) is 0. The fourth-order valence-electron chi connectivity index (χ4n) is 3.24. The lowest BCUT2D eigenvalue weighted by Crippen LogP contribution is -2.38. The largest absolute Gasteiger partial charge is 0.398 e. The molecule has 2 N–H and O–H groups in total. The lowest BCUT2D eigenvalue weighted by Gasteiger charge is -2.28. The number of rotatable bonds is 2. The Morgan fingerprint density at radius 1 is 1.16 bits per heavy atom. The first-order valence-corrected chi connectivity index (χ1v) is 8.50. The molecule has 19 heavy (non-hydrogen) atoms. The number of anilines is 2. The van der Waals surface area contributed by atoms with Crippen LogP contribution in [0.1, 0.15) is 37.7 Å². The Balaban J connectivity index is 1.94. The summed E-state index contributed by atoms with van der Waals surface area (Å²) >= 11 is 0. The van der Waals surface area contributed by atoms with E-state index in [4.69, 9.17) is 5.73 Å². The van der Waals surface area contributed by atoms with E-state index in [1.807, 2.05) is 18.2 Å². The summed E-state index contributed by atoms with van der Waals surface area (Å²) in [6, 6.07) is 5.55. The van der Waals surface area contributed by atoms with Crippen molar-refractivity contribution in [3.05, 3.63) is 23.8 Å². The second-order valence-corrected chi connectivity index (χ2v) is 7.61. The van der Waals surface area contributed by atoms with Gasteiger partial charge in [-0.2, -0.15) is 0 Å². The number of nitrogen functional groups attached to an aromatic ring is 1. The number of hydrogen-bond acceptors (Lipinski definition) is 3. The summed E-state index contributed by atoms with van der Waals surface area (Å²) in [5.41, 5.74) is 8.43. The van der Waals surface area contributed by atoms with Crippen LogP contribution in [-0.2, 0) is 16.4 Å². The molecule has 1 aromatic rings. The summed E-state index contributed by atoms with van der Waals surface area (Å²) in [5, 5.41) is -0.200. The van der Waals surface area contributed by atoms with Crippen LogP contribution in [0.4, 0.5) is 11.4 Å². The number of sulfonamides is 1. The first-order chi connectivity index (χ1) is 9.10. The molecule has 0 spiro atoms. The van der Waals surface area contributed by atoms with E-state index in [1.54, 1.807) is 4.31 Å². The van der Waals surface area contributed by atoms with Gasteiger partial charge in [-0.1, -0.05) is 25.3 Å². The van der Waals surface area contributed by atoms with Gasteiger partial charge in [-0.3, -0.25) is 4.31 Å². The second-order valence-electron chi connectivity index (χ2n) is 5.47. The van der Waals surface area contributed by atoms with Crippen molar-refractivity contribution in [3.8, 4) is 0 Å². The zero-order valence-electron chi connectivity index (χ0n) is 11.0. The van der Waals surface area contributed by atoms with Gasteiger partial charge in [-0.15, -0.1) is 0 Å². The van der Waals surface area contributed by atoms with Gasteiger partial charge in [0, 0.05) is 17.8 Å². The predicted molar refractivity (Wildman–Crippen MR) is 77.7 cm³/mol. The molecule has 1 heterocycles. The van der Waals surface area contributed by atoms with E-state index < -0.39 is 10.0 Å². The third-order valence-corrected chi connectivity index (χ3v) is 6.61. The van der Waals surface area contributed by atoms with Gasteiger partial charge in [-0.25, -0.2) is 8.42 Å². The molecule has 3 rings (SSSR count). The first kappa shape index (κ1) is 12.8. The topological polar surface area (TPSA) is 63.4 Å². The van der Waals surface area contributed by atoms with E-state index in [1.165, 1.54) is 0 Å². The molecule has 0 unspecified atom stereocenters. The van der Waals surface area contributed by atoms with Gasteiger partial charge in [0.1, 0.15) is 0 Å². The van der Waals surface area contributed by atoms with Gasteiger partial charge in [0.05, 0.1) is 10.9 Å². The molecule has 104 valence electrons. The van der Waals surface area contributed by atoms with Crippen LogP contribution in [0.2, 0.25) is 0 Å². The molecule has 5 heteroatoms. The number of hydrogen-bond donors (Lipinski definition) is 1. The fraction of sp³-hybridized carbons (Fsp3) is 0.571. The zero-order chi connectivity index (χ0) is 13.5. The number of nitrogens with two attached hydrogens (primary N) is 1. The Hall–Kier alpha value is -1.23. The van der Waals surface area contributed by atoms with Crippen molar-refractivity contribution in [2.75, 3.05) is 16.6 Å². The molecule has 0 bridgehead atoms. The van der Waals surface area contributed by atoms with Crippen LogP contribution in [0, 0.1) is 0 Å². The highest BCUT2D eigenvalue weighted by atomic mass is 32.2. The number of benzene rings is 1. The van der Waals surface area contributed by atoms with Crippen LogP contribution in [0.3, 0.4) is 0 Å². The van der Waals surface area contributed by atoms with Crippen molar-refractivity contribution in [2.24, 2.45) is 0 Å². The van der Waals surface area contributed by atoms with E-state index in [-0.39, 0.29) is 5.25 Å². The lowest BCUT2D eigenvalue weighted by atomic mass is 10.0. The van der Waals surface area contributed by atoms with Gasteiger partial charge in [0.25, 0.3) is 0 Å². The van der Waals surface area contributed by atoms with Gasteiger partial charge in [0.2, 0.25) is 10.0 Å². The van der Waals surface area contributed by atoms with Gasteiger partial charge in [-0.05, 0) is 31.4 Å². The summed E-state index contributed by atoms with van der Waals surface area (Å²) in [6.07, 6.45) is 5.56. The molecular formula is C14H20N2O2S. The Morgan fingerprint density at radius 2 is 1.89 bits per heavy atom. The minimum Gasteiger partial charge on any atom is -0.398 e. The zero-order valence-corrected chi connectivity index (χ0v) is 11.8. The SMILES string of the molecule is Nc1cccc2c1CCN2S(=O)(=O)C1CCCCC1. The van der Waals surface area contributed by atoms with Crippen LogP contribution in [0.15, 0.2) is 18.2 Å². The molecule has 1 aromatic carbocycles. The molecule has 1 fully saturated rings. The van der Waals surface area contributed by atoms with Crippen molar-refractivity contribution in [1.29, 1.82) is 0 Å². The molecule has 4 nitrogen and oxygen atoms in total. The van der Waals surface area contributed by atoms with Crippen LogP contribution in [-0.4, -0.2) is 20.2 Å². The molecule has 0 atom stereocenters. The van der Waals surface area contributed by atoms with E-state index in [2.05, 4.69) is 0 Å². The normalized spacial score (nSPS) is 20.5. The summed E-state index contributed by atoms with van der Waals surface area (Å²) in [5.74, 6) is 0. The summed E-state index contributed by atoms with van der Waals surface area (Å²) in [6.45, 7) is 0.544. The van der Waals surface area contributed by atoms with E-state index >= 15 is 0 Å². The van der Waals surface area contributed by atoms with Crippen molar-refractivity contribution in [2.45, 2.75) is 43.8 Å². The predicted octanol–water partition coefficient (Wildman–Crippen LogP) is 2.29. The summed E-state index contributed by atoms with van der Waals surface area (Å²) in [7, 11) is -3.21. The maximum Gasteiger partial charge on any atom is 0.238 e. The van der Waals surface area contributed by atoms with Crippen LogP contribution in [0.5, 0.6) is 0 Å². The molecule has 0 saturated heterocycles. The molecule has 1 saturated carbocycles. The van der Waals surface area contributed by atoms with Crippen molar-refractivity contribution in [1.82, 2.24) is 0 Å². The Bertz CT molecular complexity index is 577. The van der Waals surface area contributed by atoms with E-state index in [0.29, 0.717) is 12.2 Å². The Morgan fingerprint density at radius 3 is 2.63 bits per heavy atom. The number of nitrogens with zero attached hydrogens (tertiary/aromatic N) is 1. The second kappa shape index (κ2) is 4.71. The summed E-state index contributed by atoms with van der Waals surface area (Å²) < 4.78 is 27.1. The number of fused-ring (bicyclic) bond motifs is 1. The first-order valence-electron chi connectivity index (χ1n) is 6.99. The molecule has 0 aromatic heterocycles. The highest BCUT2D eigenvalue weighted by molar-refractivity contribution is 7.93. The average Bonchev–Trinajstić information content (AvgIpc) is 2.86. The minimum absolute atomic E-state index is 0.200. The highest BCUT2D eigenvalue weighted by Crippen LogP contribution is 2.37. The molecule has 1 aliphatic heterocycles. The van der Waals surface area contributed by atoms with Crippen LogP contribution < -0.4 is 10.0 Å². The molecular weight excluding hydrogens is 260 g/mol. The third-order valence-electron chi connectivity index (χ3n) is 4.30. The Kier molecular flexibility index (Phi) is 3.17. The Labute approximate surface area is 114 Å². The van der Waals surface area contributed by atoms with Crippen molar-refractivity contribution in [3.63, 3.8) is 0 Å². The maximum absolute atomic E-state index is 12.7.